The van der Waals surface area contributed by atoms with Gasteiger partial charge in [0, 0.05) is 38.9 Å². The molecule has 3 fully saturated rings. The van der Waals surface area contributed by atoms with Crippen molar-refractivity contribution in [3.05, 3.63) is 30.1 Å². The van der Waals surface area contributed by atoms with Gasteiger partial charge in [0.25, 0.3) is 0 Å². The molecular formula is C19H29N3O3S. The monoisotopic (exact) mass is 379 g/mol. The van der Waals surface area contributed by atoms with Crippen LogP contribution >= 0.6 is 0 Å². The van der Waals surface area contributed by atoms with Crippen LogP contribution in [-0.4, -0.2) is 67.8 Å². The maximum absolute atomic E-state index is 12.7. The highest BCUT2D eigenvalue weighted by molar-refractivity contribution is 7.90. The largest absolute Gasteiger partial charge is 0.384 e. The number of methoxy groups -OCH3 is 1. The van der Waals surface area contributed by atoms with E-state index in [2.05, 4.69) is 16.0 Å². The lowest BCUT2D eigenvalue weighted by Gasteiger charge is -2.42. The molecule has 1 aromatic heterocycles. The SMILES string of the molecule is COC[C@H]1CN(S(=O)(=O)C2CC2)CC12CCN(Cc1ccccn1)CC2. The maximum Gasteiger partial charge on any atom is 0.217 e. The summed E-state index contributed by atoms with van der Waals surface area (Å²) < 4.78 is 32.7. The molecule has 26 heavy (non-hydrogen) atoms. The van der Waals surface area contributed by atoms with E-state index in [0.29, 0.717) is 25.6 Å². The standard InChI is InChI=1S/C19H29N3O3S/c1-25-14-16-12-22(26(23,24)18-5-6-18)15-19(16)7-10-21(11-8-19)13-17-4-2-3-9-20-17/h2-4,9,16,18H,5-8,10-15H2,1H3/t16-/m1/s1. The zero-order valence-electron chi connectivity index (χ0n) is 15.5. The van der Waals surface area contributed by atoms with Gasteiger partial charge >= 0.3 is 0 Å². The molecule has 0 unspecified atom stereocenters. The Labute approximate surface area is 156 Å². The van der Waals surface area contributed by atoms with Crippen LogP contribution in [0.25, 0.3) is 0 Å². The normalized spacial score (nSPS) is 27.2. The predicted molar refractivity (Wildman–Crippen MR) is 100 cm³/mol. The van der Waals surface area contributed by atoms with Crippen molar-refractivity contribution < 1.29 is 13.2 Å². The Hall–Kier alpha value is -1.02. The summed E-state index contributed by atoms with van der Waals surface area (Å²) in [7, 11) is -1.38. The third kappa shape index (κ3) is 3.54. The Morgan fingerprint density at radius 1 is 1.27 bits per heavy atom. The van der Waals surface area contributed by atoms with Gasteiger partial charge in [-0.05, 0) is 56.3 Å². The van der Waals surface area contributed by atoms with Crippen LogP contribution in [0.2, 0.25) is 0 Å². The zero-order valence-corrected chi connectivity index (χ0v) is 16.3. The van der Waals surface area contributed by atoms with Gasteiger partial charge < -0.3 is 4.74 Å². The van der Waals surface area contributed by atoms with Crippen molar-refractivity contribution in [1.82, 2.24) is 14.2 Å². The summed E-state index contributed by atoms with van der Waals surface area (Å²) in [5, 5.41) is -0.120. The molecule has 144 valence electrons. The average molecular weight is 380 g/mol. The number of rotatable bonds is 6. The Morgan fingerprint density at radius 2 is 2.04 bits per heavy atom. The molecule has 0 N–H and O–H groups in total. The van der Waals surface area contributed by atoms with Crippen LogP contribution in [0.4, 0.5) is 0 Å². The second-order valence-corrected chi connectivity index (χ2v) is 10.4. The number of nitrogens with zero attached hydrogens (tertiary/aromatic N) is 3. The molecular weight excluding hydrogens is 350 g/mol. The fourth-order valence-electron chi connectivity index (χ4n) is 4.63. The van der Waals surface area contributed by atoms with E-state index in [4.69, 9.17) is 4.74 Å². The molecule has 2 aliphatic heterocycles. The van der Waals surface area contributed by atoms with E-state index < -0.39 is 10.0 Å². The molecule has 0 aromatic carbocycles. The second kappa shape index (κ2) is 7.19. The first-order valence-corrected chi connectivity index (χ1v) is 11.1. The Bertz CT molecular complexity index is 713. The van der Waals surface area contributed by atoms with Crippen LogP contribution in [0.15, 0.2) is 24.4 Å². The van der Waals surface area contributed by atoms with Crippen LogP contribution in [0.3, 0.4) is 0 Å². The van der Waals surface area contributed by atoms with Crippen molar-refractivity contribution in [2.75, 3.05) is 39.9 Å². The number of likely N-dealkylation sites (tertiary alicyclic amines) is 1. The first-order valence-electron chi connectivity index (χ1n) is 9.64. The zero-order chi connectivity index (χ0) is 18.2. The minimum atomic E-state index is -3.10. The van der Waals surface area contributed by atoms with Gasteiger partial charge in [0.15, 0.2) is 0 Å². The highest BCUT2D eigenvalue weighted by Crippen LogP contribution is 2.47. The fourth-order valence-corrected chi connectivity index (χ4v) is 6.61. The summed E-state index contributed by atoms with van der Waals surface area (Å²) >= 11 is 0. The van der Waals surface area contributed by atoms with Crippen LogP contribution in [0.5, 0.6) is 0 Å². The maximum atomic E-state index is 12.7. The first kappa shape index (κ1) is 18.3. The van der Waals surface area contributed by atoms with Gasteiger partial charge in [0.1, 0.15) is 0 Å². The molecule has 0 amide bonds. The summed E-state index contributed by atoms with van der Waals surface area (Å²) in [5.41, 5.74) is 1.17. The average Bonchev–Trinajstić information content (AvgIpc) is 3.44. The van der Waals surface area contributed by atoms with Gasteiger partial charge in [0.2, 0.25) is 10.0 Å². The van der Waals surface area contributed by atoms with E-state index in [1.807, 2.05) is 18.3 Å². The van der Waals surface area contributed by atoms with Gasteiger partial charge in [-0.25, -0.2) is 12.7 Å². The van der Waals surface area contributed by atoms with E-state index >= 15 is 0 Å². The molecule has 0 bridgehead atoms. The molecule has 1 atom stereocenters. The van der Waals surface area contributed by atoms with Crippen molar-refractivity contribution >= 4 is 10.0 Å². The molecule has 3 heterocycles. The highest BCUT2D eigenvalue weighted by atomic mass is 32.2. The number of piperidine rings is 1. The van der Waals surface area contributed by atoms with Gasteiger partial charge in [0.05, 0.1) is 17.6 Å². The molecule has 0 radical (unpaired) electrons. The summed E-state index contributed by atoms with van der Waals surface area (Å²) in [6.07, 6.45) is 5.57. The van der Waals surface area contributed by atoms with Gasteiger partial charge in [-0.15, -0.1) is 0 Å². The quantitative estimate of drug-likeness (QED) is 0.753. The minimum Gasteiger partial charge on any atom is -0.384 e. The van der Waals surface area contributed by atoms with Crippen molar-refractivity contribution in [2.24, 2.45) is 11.3 Å². The predicted octanol–water partition coefficient (Wildman–Crippen LogP) is 1.73. The lowest BCUT2D eigenvalue weighted by molar-refractivity contribution is 0.0354. The number of hydrogen-bond acceptors (Lipinski definition) is 5. The minimum absolute atomic E-state index is 0.0680. The van der Waals surface area contributed by atoms with Crippen molar-refractivity contribution in [2.45, 2.75) is 37.5 Å². The van der Waals surface area contributed by atoms with Gasteiger partial charge in [-0.1, -0.05) is 6.07 Å². The topological polar surface area (TPSA) is 62.7 Å². The molecule has 6 nitrogen and oxygen atoms in total. The van der Waals surface area contributed by atoms with Gasteiger partial charge in [-0.2, -0.15) is 0 Å². The third-order valence-corrected chi connectivity index (χ3v) is 8.73. The molecule has 1 spiro atoms. The number of aromatic nitrogens is 1. The summed E-state index contributed by atoms with van der Waals surface area (Å²) in [5.74, 6) is 0.304. The summed E-state index contributed by atoms with van der Waals surface area (Å²) in [6, 6.07) is 6.04. The molecule has 1 aromatic rings. The van der Waals surface area contributed by atoms with Crippen LogP contribution in [0, 0.1) is 11.3 Å². The number of hydrogen-bond donors (Lipinski definition) is 0. The molecule has 4 rings (SSSR count). The molecule has 2 saturated heterocycles. The molecule has 7 heteroatoms. The Kier molecular flexibility index (Phi) is 5.07. The smallest absolute Gasteiger partial charge is 0.217 e. The highest BCUT2D eigenvalue weighted by Gasteiger charge is 2.53. The van der Waals surface area contributed by atoms with E-state index in [1.54, 1.807) is 11.4 Å². The second-order valence-electron chi connectivity index (χ2n) is 8.15. The number of pyridine rings is 1. The Balaban J connectivity index is 1.43. The summed E-state index contributed by atoms with van der Waals surface area (Å²) in [4.78, 5) is 6.87. The van der Waals surface area contributed by atoms with E-state index in [0.717, 1.165) is 51.0 Å². The lowest BCUT2D eigenvalue weighted by atomic mass is 9.71. The van der Waals surface area contributed by atoms with E-state index in [9.17, 15) is 8.42 Å². The number of sulfonamides is 1. The van der Waals surface area contributed by atoms with Crippen molar-refractivity contribution in [1.29, 1.82) is 0 Å². The lowest BCUT2D eigenvalue weighted by Crippen LogP contribution is -2.45. The van der Waals surface area contributed by atoms with Crippen LogP contribution < -0.4 is 0 Å². The first-order chi connectivity index (χ1) is 12.5. The van der Waals surface area contributed by atoms with Crippen molar-refractivity contribution in [3.63, 3.8) is 0 Å². The molecule has 1 aliphatic carbocycles. The fraction of sp³-hybridized carbons (Fsp3) is 0.737. The molecule has 1 saturated carbocycles. The van der Waals surface area contributed by atoms with Crippen LogP contribution in [-0.2, 0) is 21.3 Å². The summed E-state index contributed by atoms with van der Waals surface area (Å²) in [6.45, 7) is 4.82. The number of ether oxygens (including phenoxy) is 1. The Morgan fingerprint density at radius 3 is 2.65 bits per heavy atom. The third-order valence-electron chi connectivity index (χ3n) is 6.42. The van der Waals surface area contributed by atoms with E-state index in [-0.39, 0.29) is 10.7 Å². The van der Waals surface area contributed by atoms with E-state index in [1.165, 1.54) is 0 Å². The van der Waals surface area contributed by atoms with Crippen LogP contribution in [0.1, 0.15) is 31.4 Å². The molecule has 3 aliphatic rings. The van der Waals surface area contributed by atoms with Gasteiger partial charge in [-0.3, -0.25) is 9.88 Å². The van der Waals surface area contributed by atoms with Crippen molar-refractivity contribution in [3.8, 4) is 0 Å².